The zero-order chi connectivity index (χ0) is 30.2. The topological polar surface area (TPSA) is 158 Å². The summed E-state index contributed by atoms with van der Waals surface area (Å²) < 4.78 is 10.7. The number of hydrogen-bond acceptors (Lipinski definition) is 8. The van der Waals surface area contributed by atoms with Gasteiger partial charge < -0.3 is 30.3 Å². The monoisotopic (exact) mass is 617 g/mol. The summed E-state index contributed by atoms with van der Waals surface area (Å²) >= 11 is 0. The maximum absolute atomic E-state index is 14.2. The molecule has 1 fully saturated rings. The van der Waals surface area contributed by atoms with Crippen LogP contribution in [0.3, 0.4) is 0 Å². The van der Waals surface area contributed by atoms with Crippen molar-refractivity contribution < 1.29 is 33.9 Å². The van der Waals surface area contributed by atoms with Gasteiger partial charge in [-0.2, -0.15) is 0 Å². The molecule has 0 aromatic heterocycles. The summed E-state index contributed by atoms with van der Waals surface area (Å²) in [7, 11) is 1.56. The molecule has 2 aromatic rings. The van der Waals surface area contributed by atoms with Gasteiger partial charge in [-0.1, -0.05) is 26.3 Å². The summed E-state index contributed by atoms with van der Waals surface area (Å²) in [4.78, 5) is 53.9. The average Bonchev–Trinajstić information content (AvgIpc) is 3.56. The number of hydrogen-bond donors (Lipinski definition) is 5. The number of rotatable bonds is 11. The summed E-state index contributed by atoms with van der Waals surface area (Å²) in [5.74, 6) is -0.779. The lowest BCUT2D eigenvalue weighted by atomic mass is 9.90. The van der Waals surface area contributed by atoms with Gasteiger partial charge in [-0.15, -0.1) is 12.4 Å². The molecule has 5 N–H and O–H groups in total. The van der Waals surface area contributed by atoms with Gasteiger partial charge in [-0.05, 0) is 72.8 Å². The van der Waals surface area contributed by atoms with Gasteiger partial charge >= 0.3 is 0 Å². The van der Waals surface area contributed by atoms with Crippen LogP contribution in [0.15, 0.2) is 42.5 Å². The summed E-state index contributed by atoms with van der Waals surface area (Å²) in [6, 6.07) is 10.1. The van der Waals surface area contributed by atoms with Crippen LogP contribution in [-0.2, 0) is 32.1 Å². The smallest absolute Gasteiger partial charge is 0.281 e. The molecule has 0 unspecified atom stereocenters. The number of amides is 4. The van der Waals surface area contributed by atoms with E-state index < -0.39 is 18.0 Å². The zero-order valence-corrected chi connectivity index (χ0v) is 25.4. The van der Waals surface area contributed by atoms with Crippen molar-refractivity contribution >= 4 is 41.7 Å². The Morgan fingerprint density at radius 1 is 1.07 bits per heavy atom. The molecule has 2 aromatic carbocycles. The molecular formula is C30H40ClN5O7. The van der Waals surface area contributed by atoms with Crippen LogP contribution in [-0.4, -0.2) is 72.1 Å². The summed E-state index contributed by atoms with van der Waals surface area (Å²) in [6.07, 6.45) is 2.48. The van der Waals surface area contributed by atoms with E-state index in [1.54, 1.807) is 49.6 Å². The summed E-state index contributed by atoms with van der Waals surface area (Å²) in [5, 5.41) is 17.8. The quantitative estimate of drug-likeness (QED) is 0.190. The molecule has 0 aliphatic carbocycles. The van der Waals surface area contributed by atoms with Crippen LogP contribution in [0.1, 0.15) is 44.2 Å². The van der Waals surface area contributed by atoms with Crippen LogP contribution in [0.2, 0.25) is 0 Å². The minimum Gasteiger partial charge on any atom is -0.497 e. The van der Waals surface area contributed by atoms with E-state index in [1.165, 1.54) is 10.4 Å². The van der Waals surface area contributed by atoms with E-state index in [9.17, 15) is 19.2 Å². The van der Waals surface area contributed by atoms with Gasteiger partial charge in [0, 0.05) is 18.7 Å². The fourth-order valence-electron chi connectivity index (χ4n) is 5.22. The third kappa shape index (κ3) is 8.37. The maximum Gasteiger partial charge on any atom is 0.281 e. The van der Waals surface area contributed by atoms with Gasteiger partial charge in [0.2, 0.25) is 17.7 Å². The SMILES string of the molecule is CC[C@H](C)[C@H](NC(=O)[C@@H]1CCCN1)C(=O)N1Cc2cc(OCC(=O)NO)ccc2C[C@H]1C(=O)Nc1ccc(OC)cc1.Cl. The molecule has 2 aliphatic rings. The molecule has 4 amide bonds. The molecule has 0 radical (unpaired) electrons. The number of halogens is 1. The third-order valence-corrected chi connectivity index (χ3v) is 7.90. The lowest BCUT2D eigenvalue weighted by Crippen LogP contribution is -2.59. The number of carbonyl (C=O) groups is 4. The molecule has 234 valence electrons. The predicted molar refractivity (Wildman–Crippen MR) is 161 cm³/mol. The first-order valence-electron chi connectivity index (χ1n) is 14.2. The number of fused-ring (bicyclic) bond motifs is 1. The number of hydroxylamine groups is 1. The van der Waals surface area contributed by atoms with Gasteiger partial charge in [-0.3, -0.25) is 24.4 Å². The van der Waals surface area contributed by atoms with E-state index in [0.29, 0.717) is 30.0 Å². The Kier molecular flexibility index (Phi) is 12.2. The van der Waals surface area contributed by atoms with Crippen LogP contribution < -0.4 is 30.9 Å². The molecule has 13 heteroatoms. The fourth-order valence-corrected chi connectivity index (χ4v) is 5.22. The fraction of sp³-hybridized carbons (Fsp3) is 0.467. The number of carbonyl (C=O) groups excluding carboxylic acids is 4. The largest absolute Gasteiger partial charge is 0.497 e. The molecule has 1 saturated heterocycles. The molecule has 43 heavy (non-hydrogen) atoms. The molecule has 12 nitrogen and oxygen atoms in total. The highest BCUT2D eigenvalue weighted by Gasteiger charge is 2.40. The van der Waals surface area contributed by atoms with Gasteiger partial charge in [0.05, 0.1) is 13.2 Å². The first-order valence-corrected chi connectivity index (χ1v) is 14.2. The van der Waals surface area contributed by atoms with Crippen LogP contribution in [0, 0.1) is 5.92 Å². The Morgan fingerprint density at radius 3 is 2.42 bits per heavy atom. The highest BCUT2D eigenvalue weighted by Crippen LogP contribution is 2.30. The van der Waals surface area contributed by atoms with Crippen molar-refractivity contribution in [3.63, 3.8) is 0 Å². The lowest BCUT2D eigenvalue weighted by molar-refractivity contribution is -0.144. The average molecular weight is 618 g/mol. The molecule has 2 aliphatic heterocycles. The van der Waals surface area contributed by atoms with Crippen LogP contribution in [0.5, 0.6) is 11.5 Å². The summed E-state index contributed by atoms with van der Waals surface area (Å²) in [6.45, 7) is 4.33. The molecule has 0 saturated carbocycles. The second-order valence-electron chi connectivity index (χ2n) is 10.7. The van der Waals surface area contributed by atoms with Crippen molar-refractivity contribution in [1.29, 1.82) is 0 Å². The van der Waals surface area contributed by atoms with Crippen molar-refractivity contribution in [3.05, 3.63) is 53.6 Å². The lowest BCUT2D eigenvalue weighted by Gasteiger charge is -2.39. The zero-order valence-electron chi connectivity index (χ0n) is 24.6. The third-order valence-electron chi connectivity index (χ3n) is 7.90. The maximum atomic E-state index is 14.2. The first-order chi connectivity index (χ1) is 20.2. The second-order valence-corrected chi connectivity index (χ2v) is 10.7. The molecule has 2 heterocycles. The minimum absolute atomic E-state index is 0. The van der Waals surface area contributed by atoms with Crippen molar-refractivity contribution in [2.45, 2.75) is 64.2 Å². The van der Waals surface area contributed by atoms with Gasteiger partial charge in [0.15, 0.2) is 6.61 Å². The highest BCUT2D eigenvalue weighted by molar-refractivity contribution is 5.99. The van der Waals surface area contributed by atoms with E-state index in [0.717, 1.165) is 24.1 Å². The molecular weight excluding hydrogens is 578 g/mol. The van der Waals surface area contributed by atoms with Crippen LogP contribution >= 0.6 is 12.4 Å². The number of anilines is 1. The predicted octanol–water partition coefficient (Wildman–Crippen LogP) is 2.18. The second kappa shape index (κ2) is 15.6. The molecule has 0 spiro atoms. The van der Waals surface area contributed by atoms with Gasteiger partial charge in [0.25, 0.3) is 5.91 Å². The Hall–Kier alpha value is -3.87. The first kappa shape index (κ1) is 33.6. The number of methoxy groups -OCH3 is 1. The van der Waals surface area contributed by atoms with Crippen molar-refractivity contribution in [3.8, 4) is 11.5 Å². The van der Waals surface area contributed by atoms with Crippen molar-refractivity contribution in [2.75, 3.05) is 25.6 Å². The van der Waals surface area contributed by atoms with Crippen molar-refractivity contribution in [1.82, 2.24) is 21.0 Å². The van der Waals surface area contributed by atoms with E-state index in [4.69, 9.17) is 14.7 Å². The number of nitrogens with zero attached hydrogens (tertiary/aromatic N) is 1. The van der Waals surface area contributed by atoms with Gasteiger partial charge in [-0.25, -0.2) is 5.48 Å². The number of ether oxygens (including phenoxy) is 2. The highest BCUT2D eigenvalue weighted by atomic mass is 35.5. The van der Waals surface area contributed by atoms with Crippen LogP contribution in [0.25, 0.3) is 0 Å². The number of benzene rings is 2. The van der Waals surface area contributed by atoms with E-state index >= 15 is 0 Å². The summed E-state index contributed by atoms with van der Waals surface area (Å²) in [5.41, 5.74) is 3.69. The van der Waals surface area contributed by atoms with E-state index in [2.05, 4.69) is 16.0 Å². The Labute approximate surface area is 257 Å². The van der Waals surface area contributed by atoms with Gasteiger partial charge in [0.1, 0.15) is 23.6 Å². The number of nitrogens with one attached hydrogen (secondary N) is 4. The molecule has 0 bridgehead atoms. The van der Waals surface area contributed by atoms with E-state index in [-0.39, 0.29) is 61.7 Å². The molecule has 4 atom stereocenters. The Morgan fingerprint density at radius 2 is 1.79 bits per heavy atom. The standard InChI is InChI=1S/C30H39N5O7.ClH/c1-4-18(2)27(33-28(37)24-6-5-13-31-24)30(39)35-16-20-14-23(42-17-26(36)34-40)10-7-19(20)15-25(35)29(38)32-21-8-11-22(41-3)12-9-21;/h7-12,14,18,24-25,27,31,40H,4-6,13,15-17H2,1-3H3,(H,32,38)(H,33,37)(H,34,36);1H/t18-,24-,25-,27-;/m0./s1. The molecule has 4 rings (SSSR count). The van der Waals surface area contributed by atoms with Crippen LogP contribution in [0.4, 0.5) is 5.69 Å². The normalized spacial score (nSPS) is 18.7. The Bertz CT molecular complexity index is 1290. The Balaban J connectivity index is 0.00000506. The minimum atomic E-state index is -0.841. The van der Waals surface area contributed by atoms with Crippen molar-refractivity contribution in [2.24, 2.45) is 5.92 Å². The van der Waals surface area contributed by atoms with E-state index in [1.807, 2.05) is 13.8 Å².